The molecule has 0 aliphatic heterocycles. The highest BCUT2D eigenvalue weighted by atomic mass is 19.4. The number of anilines is 1. The summed E-state index contributed by atoms with van der Waals surface area (Å²) in [6.07, 6.45) is -3.40. The Hall–Kier alpha value is -4.67. The molecule has 4 aromatic rings. The van der Waals surface area contributed by atoms with Gasteiger partial charge in [-0.1, -0.05) is 0 Å². The van der Waals surface area contributed by atoms with E-state index in [1.165, 1.54) is 48.7 Å². The predicted molar refractivity (Wildman–Crippen MR) is 121 cm³/mol. The van der Waals surface area contributed by atoms with Gasteiger partial charge in [0.2, 0.25) is 5.56 Å². The molecule has 0 saturated carbocycles. The number of alkyl halides is 3. The van der Waals surface area contributed by atoms with Crippen LogP contribution in [0.1, 0.15) is 15.9 Å². The average molecular weight is 504 g/mol. The number of phenols is 1. The normalized spacial score (nSPS) is 10.7. The third-order valence-corrected chi connectivity index (χ3v) is 4.45. The van der Waals surface area contributed by atoms with E-state index in [1.807, 2.05) is 0 Å². The number of benzene rings is 3. The molecular formula is C25H17F5N2O4. The summed E-state index contributed by atoms with van der Waals surface area (Å²) in [6.45, 7) is 0. The molecule has 11 heteroatoms. The van der Waals surface area contributed by atoms with E-state index in [1.54, 1.807) is 0 Å². The minimum absolute atomic E-state index is 0.0893. The zero-order valence-electron chi connectivity index (χ0n) is 18.1. The Morgan fingerprint density at radius 3 is 2.03 bits per heavy atom. The third-order valence-electron chi connectivity index (χ3n) is 4.45. The van der Waals surface area contributed by atoms with Crippen molar-refractivity contribution in [3.63, 3.8) is 0 Å². The number of pyridine rings is 1. The number of ether oxygens (including phenoxy) is 1. The number of aromatic amines is 1. The Balaban J connectivity index is 0.000000383. The first-order valence-corrected chi connectivity index (χ1v) is 10.1. The van der Waals surface area contributed by atoms with Gasteiger partial charge in [-0.05, 0) is 72.8 Å². The highest BCUT2D eigenvalue weighted by molar-refractivity contribution is 6.06. The van der Waals surface area contributed by atoms with Crippen LogP contribution in [0.25, 0.3) is 0 Å². The fraction of sp³-hybridized carbons (Fsp3) is 0.0400. The van der Waals surface area contributed by atoms with E-state index in [2.05, 4.69) is 10.3 Å². The molecular weight excluding hydrogens is 487 g/mol. The minimum atomic E-state index is -4.67. The Kier molecular flexibility index (Phi) is 8.05. The fourth-order valence-electron chi connectivity index (χ4n) is 2.76. The highest BCUT2D eigenvalue weighted by Crippen LogP contribution is 2.34. The number of aromatic hydroxyl groups is 1. The maximum Gasteiger partial charge on any atom is 0.416 e. The van der Waals surface area contributed by atoms with Crippen molar-refractivity contribution in [3.8, 4) is 17.2 Å². The Morgan fingerprint density at radius 2 is 1.47 bits per heavy atom. The van der Waals surface area contributed by atoms with Gasteiger partial charge in [-0.25, -0.2) is 8.78 Å². The minimum Gasteiger partial charge on any atom is -0.508 e. The van der Waals surface area contributed by atoms with Crippen LogP contribution >= 0.6 is 0 Å². The monoisotopic (exact) mass is 504 g/mol. The summed E-state index contributed by atoms with van der Waals surface area (Å²) in [5.41, 5.74) is -1.85. The molecule has 0 unspecified atom stereocenters. The number of rotatable bonds is 4. The number of hydrogen-bond donors (Lipinski definition) is 3. The lowest BCUT2D eigenvalue weighted by Crippen LogP contribution is -2.16. The van der Waals surface area contributed by atoms with E-state index < -0.39 is 34.6 Å². The first kappa shape index (κ1) is 25.9. The summed E-state index contributed by atoms with van der Waals surface area (Å²) in [5.74, 6) is -1.71. The van der Waals surface area contributed by atoms with Crippen LogP contribution in [0.15, 0.2) is 89.9 Å². The zero-order valence-corrected chi connectivity index (χ0v) is 18.1. The number of carbonyl (C=O) groups is 1. The molecule has 0 atom stereocenters. The maximum absolute atomic E-state index is 13.1. The molecule has 3 aromatic carbocycles. The number of H-pyrrole nitrogens is 1. The summed E-state index contributed by atoms with van der Waals surface area (Å²) in [5, 5.41) is 10.9. The van der Waals surface area contributed by atoms with Crippen molar-refractivity contribution >= 4 is 11.6 Å². The number of amides is 1. The second kappa shape index (κ2) is 11.2. The van der Waals surface area contributed by atoms with Gasteiger partial charge >= 0.3 is 6.18 Å². The number of aromatic nitrogens is 1. The molecule has 0 bridgehead atoms. The van der Waals surface area contributed by atoms with Crippen molar-refractivity contribution < 1.29 is 36.6 Å². The summed E-state index contributed by atoms with van der Waals surface area (Å²) in [4.78, 5) is 26.2. The van der Waals surface area contributed by atoms with Crippen LogP contribution in [0.3, 0.4) is 0 Å². The van der Waals surface area contributed by atoms with Crippen LogP contribution in [0.4, 0.5) is 27.6 Å². The SMILES string of the molecule is O=C(Nc1cc[nH]c(=O)c1)c1cc(C(F)(F)F)ccc1Oc1ccc(F)cc1.Oc1ccc(F)cc1. The molecule has 0 fully saturated rings. The molecule has 0 saturated heterocycles. The third kappa shape index (κ3) is 7.42. The molecule has 186 valence electrons. The lowest BCUT2D eigenvalue weighted by atomic mass is 10.1. The van der Waals surface area contributed by atoms with Gasteiger partial charge < -0.3 is 20.1 Å². The topological polar surface area (TPSA) is 91.4 Å². The van der Waals surface area contributed by atoms with Gasteiger partial charge in [0.05, 0.1) is 11.1 Å². The van der Waals surface area contributed by atoms with Crippen molar-refractivity contribution in [2.24, 2.45) is 0 Å². The van der Waals surface area contributed by atoms with Crippen LogP contribution in [0, 0.1) is 11.6 Å². The summed E-state index contributed by atoms with van der Waals surface area (Å²) in [6, 6.07) is 14.6. The quantitative estimate of drug-likeness (QED) is 0.293. The second-order valence-electron chi connectivity index (χ2n) is 7.14. The zero-order chi connectivity index (χ0) is 26.3. The van der Waals surface area contributed by atoms with Crippen LogP contribution in [0.2, 0.25) is 0 Å². The van der Waals surface area contributed by atoms with E-state index >= 15 is 0 Å². The fourth-order valence-corrected chi connectivity index (χ4v) is 2.76. The predicted octanol–water partition coefficient (Wildman–Crippen LogP) is 6.11. The van der Waals surface area contributed by atoms with Gasteiger partial charge in [0.25, 0.3) is 5.91 Å². The van der Waals surface area contributed by atoms with Crippen molar-refractivity contribution in [1.82, 2.24) is 4.98 Å². The molecule has 0 aliphatic rings. The van der Waals surface area contributed by atoms with Crippen molar-refractivity contribution in [2.45, 2.75) is 6.18 Å². The van der Waals surface area contributed by atoms with Gasteiger partial charge in [-0.3, -0.25) is 9.59 Å². The Bertz CT molecular complexity index is 1360. The van der Waals surface area contributed by atoms with E-state index in [0.717, 1.165) is 30.3 Å². The number of hydrogen-bond acceptors (Lipinski definition) is 4. The first-order valence-electron chi connectivity index (χ1n) is 10.1. The molecule has 0 aliphatic carbocycles. The molecule has 0 radical (unpaired) electrons. The van der Waals surface area contributed by atoms with E-state index in [0.29, 0.717) is 6.07 Å². The number of carbonyl (C=O) groups excluding carboxylic acids is 1. The van der Waals surface area contributed by atoms with Crippen molar-refractivity contribution in [3.05, 3.63) is 118 Å². The summed E-state index contributed by atoms with van der Waals surface area (Å²) >= 11 is 0. The molecule has 6 nitrogen and oxygen atoms in total. The number of halogens is 5. The molecule has 1 aromatic heterocycles. The largest absolute Gasteiger partial charge is 0.508 e. The van der Waals surface area contributed by atoms with Crippen LogP contribution in [0.5, 0.6) is 17.2 Å². The molecule has 4 rings (SSSR count). The van der Waals surface area contributed by atoms with Crippen LogP contribution in [-0.4, -0.2) is 16.0 Å². The van der Waals surface area contributed by atoms with Gasteiger partial charge in [-0.2, -0.15) is 13.2 Å². The van der Waals surface area contributed by atoms with E-state index in [-0.39, 0.29) is 28.8 Å². The van der Waals surface area contributed by atoms with E-state index in [9.17, 15) is 31.5 Å². The van der Waals surface area contributed by atoms with Gasteiger partial charge in [0.15, 0.2) is 0 Å². The van der Waals surface area contributed by atoms with Gasteiger partial charge in [-0.15, -0.1) is 0 Å². The number of nitrogens with one attached hydrogen (secondary N) is 2. The molecule has 36 heavy (non-hydrogen) atoms. The summed E-state index contributed by atoms with van der Waals surface area (Å²) < 4.78 is 69.6. The van der Waals surface area contributed by atoms with Crippen molar-refractivity contribution in [2.75, 3.05) is 5.32 Å². The standard InChI is InChI=1S/C19H12F4N2O3.C6H5FO/c20-12-2-4-14(5-3-12)28-16-6-1-11(19(21,22)23)9-15(16)18(27)25-13-7-8-24-17(26)10-13;7-5-1-3-6(8)4-2-5/h1-10H,(H2,24,25,26,27);1-4,8H. The number of phenolic OH excluding ortho intramolecular Hbond substituents is 1. The Labute approximate surface area is 200 Å². The smallest absolute Gasteiger partial charge is 0.416 e. The molecule has 1 amide bonds. The second-order valence-corrected chi connectivity index (χ2v) is 7.14. The van der Waals surface area contributed by atoms with E-state index in [4.69, 9.17) is 9.84 Å². The van der Waals surface area contributed by atoms with Crippen molar-refractivity contribution in [1.29, 1.82) is 0 Å². The lowest BCUT2D eigenvalue weighted by molar-refractivity contribution is -0.137. The average Bonchev–Trinajstić information content (AvgIpc) is 2.82. The van der Waals surface area contributed by atoms with Crippen LogP contribution < -0.4 is 15.6 Å². The molecule has 1 heterocycles. The van der Waals surface area contributed by atoms with Crippen LogP contribution in [-0.2, 0) is 6.18 Å². The maximum atomic E-state index is 13.1. The molecule has 0 spiro atoms. The lowest BCUT2D eigenvalue weighted by Gasteiger charge is -2.14. The van der Waals surface area contributed by atoms with Gasteiger partial charge in [0, 0.05) is 18.0 Å². The first-order chi connectivity index (χ1) is 17.0. The van der Waals surface area contributed by atoms with Gasteiger partial charge in [0.1, 0.15) is 28.9 Å². The molecule has 3 N–H and O–H groups in total. The highest BCUT2D eigenvalue weighted by Gasteiger charge is 2.32. The summed E-state index contributed by atoms with van der Waals surface area (Å²) in [7, 11) is 0. The Morgan fingerprint density at radius 1 is 0.861 bits per heavy atom.